The molecule has 1 aromatic heterocycles. The molecule has 0 aliphatic carbocycles. The SMILES string of the molecule is CC(C)[C@H](NS(=O)(=O)c1ccccc1)C(=O)Nc1ccn(C)n1. The van der Waals surface area contributed by atoms with Crippen molar-refractivity contribution in [1.29, 1.82) is 0 Å². The second-order valence-electron chi connectivity index (χ2n) is 5.52. The summed E-state index contributed by atoms with van der Waals surface area (Å²) in [6.07, 6.45) is 1.69. The topological polar surface area (TPSA) is 93.1 Å². The minimum Gasteiger partial charge on any atom is -0.308 e. The summed E-state index contributed by atoms with van der Waals surface area (Å²) in [7, 11) is -2.04. The molecule has 0 bridgehead atoms. The summed E-state index contributed by atoms with van der Waals surface area (Å²) in [5.74, 6) is -0.294. The summed E-state index contributed by atoms with van der Waals surface area (Å²) in [6.45, 7) is 3.55. The zero-order valence-corrected chi connectivity index (χ0v) is 14.0. The second kappa shape index (κ2) is 6.93. The Morgan fingerprint density at radius 3 is 2.35 bits per heavy atom. The number of hydrogen-bond donors (Lipinski definition) is 2. The Labute approximate surface area is 135 Å². The van der Waals surface area contributed by atoms with Gasteiger partial charge in [-0.1, -0.05) is 32.0 Å². The van der Waals surface area contributed by atoms with Crippen molar-refractivity contribution in [3.05, 3.63) is 42.6 Å². The van der Waals surface area contributed by atoms with Crippen LogP contribution in [0.15, 0.2) is 47.5 Å². The van der Waals surface area contributed by atoms with E-state index in [0.29, 0.717) is 5.82 Å². The highest BCUT2D eigenvalue weighted by atomic mass is 32.2. The second-order valence-corrected chi connectivity index (χ2v) is 7.23. The summed E-state index contributed by atoms with van der Waals surface area (Å²) in [5, 5.41) is 6.67. The third-order valence-electron chi connectivity index (χ3n) is 3.25. The van der Waals surface area contributed by atoms with E-state index in [9.17, 15) is 13.2 Å². The number of carbonyl (C=O) groups is 1. The van der Waals surface area contributed by atoms with Gasteiger partial charge in [0.25, 0.3) is 0 Å². The summed E-state index contributed by atoms with van der Waals surface area (Å²) in [4.78, 5) is 12.5. The number of hydrogen-bond acceptors (Lipinski definition) is 4. The first-order valence-electron chi connectivity index (χ1n) is 7.17. The molecule has 0 aliphatic rings. The number of carbonyl (C=O) groups excluding carboxylic acids is 1. The maximum absolute atomic E-state index is 12.4. The molecule has 1 heterocycles. The Bertz CT molecular complexity index is 769. The predicted octanol–water partition coefficient (Wildman–Crippen LogP) is 1.36. The summed E-state index contributed by atoms with van der Waals surface area (Å²) >= 11 is 0. The fraction of sp³-hybridized carbons (Fsp3) is 0.333. The van der Waals surface area contributed by atoms with Gasteiger partial charge in [0.05, 0.1) is 4.90 Å². The molecular formula is C15H20N4O3S. The van der Waals surface area contributed by atoms with Crippen LogP contribution in [-0.2, 0) is 21.9 Å². The molecule has 1 amide bonds. The van der Waals surface area contributed by atoms with Crippen LogP contribution in [0, 0.1) is 5.92 Å². The van der Waals surface area contributed by atoms with Gasteiger partial charge in [0.2, 0.25) is 15.9 Å². The lowest BCUT2D eigenvalue weighted by atomic mass is 10.1. The van der Waals surface area contributed by atoms with Crippen molar-refractivity contribution in [1.82, 2.24) is 14.5 Å². The van der Waals surface area contributed by atoms with Gasteiger partial charge in [0.15, 0.2) is 5.82 Å². The molecule has 0 spiro atoms. The van der Waals surface area contributed by atoms with Crippen LogP contribution in [0.2, 0.25) is 0 Å². The maximum atomic E-state index is 12.4. The van der Waals surface area contributed by atoms with Crippen LogP contribution in [0.5, 0.6) is 0 Å². The first-order valence-corrected chi connectivity index (χ1v) is 8.66. The number of sulfonamides is 1. The van der Waals surface area contributed by atoms with Gasteiger partial charge in [-0.2, -0.15) is 9.82 Å². The van der Waals surface area contributed by atoms with E-state index < -0.39 is 22.0 Å². The van der Waals surface area contributed by atoms with Crippen LogP contribution < -0.4 is 10.0 Å². The molecule has 0 aliphatic heterocycles. The van der Waals surface area contributed by atoms with Crippen LogP contribution in [0.4, 0.5) is 5.82 Å². The average Bonchev–Trinajstić information content (AvgIpc) is 2.90. The predicted molar refractivity (Wildman–Crippen MR) is 87.2 cm³/mol. The van der Waals surface area contributed by atoms with Gasteiger partial charge in [-0.05, 0) is 18.1 Å². The molecule has 0 fully saturated rings. The number of aromatic nitrogens is 2. The van der Waals surface area contributed by atoms with E-state index in [1.165, 1.54) is 12.1 Å². The zero-order valence-electron chi connectivity index (χ0n) is 13.2. The largest absolute Gasteiger partial charge is 0.308 e. The lowest BCUT2D eigenvalue weighted by Gasteiger charge is -2.21. The molecular weight excluding hydrogens is 316 g/mol. The third kappa shape index (κ3) is 4.40. The van der Waals surface area contributed by atoms with Crippen molar-refractivity contribution in [3.63, 3.8) is 0 Å². The first kappa shape index (κ1) is 17.2. The van der Waals surface area contributed by atoms with Crippen molar-refractivity contribution >= 4 is 21.7 Å². The number of nitrogens with zero attached hydrogens (tertiary/aromatic N) is 2. The Balaban J connectivity index is 2.17. The highest BCUT2D eigenvalue weighted by Crippen LogP contribution is 2.13. The number of benzene rings is 1. The summed E-state index contributed by atoms with van der Waals surface area (Å²) in [6, 6.07) is 8.70. The number of amides is 1. The summed E-state index contributed by atoms with van der Waals surface area (Å²) < 4.78 is 28.8. The molecule has 0 saturated carbocycles. The highest BCUT2D eigenvalue weighted by molar-refractivity contribution is 7.89. The fourth-order valence-corrected chi connectivity index (χ4v) is 3.38. The van der Waals surface area contributed by atoms with Crippen LogP contribution in [0.1, 0.15) is 13.8 Å². The van der Waals surface area contributed by atoms with Gasteiger partial charge >= 0.3 is 0 Å². The molecule has 2 N–H and O–H groups in total. The van der Waals surface area contributed by atoms with E-state index in [4.69, 9.17) is 0 Å². The fourth-order valence-electron chi connectivity index (χ4n) is 2.01. The van der Waals surface area contributed by atoms with Crippen molar-refractivity contribution in [3.8, 4) is 0 Å². The van der Waals surface area contributed by atoms with Gasteiger partial charge in [-0.3, -0.25) is 9.48 Å². The molecule has 1 aromatic carbocycles. The van der Waals surface area contributed by atoms with Crippen molar-refractivity contribution in [2.75, 3.05) is 5.32 Å². The van der Waals surface area contributed by atoms with E-state index >= 15 is 0 Å². The van der Waals surface area contributed by atoms with Gasteiger partial charge in [0, 0.05) is 19.3 Å². The molecule has 0 unspecified atom stereocenters. The van der Waals surface area contributed by atoms with Crippen molar-refractivity contribution in [2.24, 2.45) is 13.0 Å². The lowest BCUT2D eigenvalue weighted by molar-refractivity contribution is -0.118. The van der Waals surface area contributed by atoms with Crippen LogP contribution in [0.3, 0.4) is 0 Å². The molecule has 7 nitrogen and oxygen atoms in total. The molecule has 2 rings (SSSR count). The van der Waals surface area contributed by atoms with Crippen molar-refractivity contribution in [2.45, 2.75) is 24.8 Å². The highest BCUT2D eigenvalue weighted by Gasteiger charge is 2.28. The van der Waals surface area contributed by atoms with Gasteiger partial charge in [-0.25, -0.2) is 8.42 Å². The standard InChI is InChI=1S/C15H20N4O3S/c1-11(2)14(15(20)16-13-9-10-19(3)17-13)18-23(21,22)12-7-5-4-6-8-12/h4-11,14,18H,1-3H3,(H,16,17,20)/t14-/m0/s1. The van der Waals surface area contributed by atoms with Crippen LogP contribution in [0.25, 0.3) is 0 Å². The number of rotatable bonds is 6. The van der Waals surface area contributed by atoms with E-state index in [2.05, 4.69) is 15.1 Å². The van der Waals surface area contributed by atoms with E-state index in [1.54, 1.807) is 56.0 Å². The van der Waals surface area contributed by atoms with Gasteiger partial charge in [0.1, 0.15) is 6.04 Å². The van der Waals surface area contributed by atoms with Crippen molar-refractivity contribution < 1.29 is 13.2 Å². The van der Waals surface area contributed by atoms with Gasteiger partial charge < -0.3 is 5.32 Å². The Kier molecular flexibility index (Phi) is 5.17. The Morgan fingerprint density at radius 1 is 1.17 bits per heavy atom. The molecule has 8 heteroatoms. The van der Waals surface area contributed by atoms with E-state index in [-0.39, 0.29) is 10.8 Å². The third-order valence-corrected chi connectivity index (χ3v) is 4.71. The summed E-state index contributed by atoms with van der Waals surface area (Å²) in [5.41, 5.74) is 0. The molecule has 124 valence electrons. The zero-order chi connectivity index (χ0) is 17.0. The minimum atomic E-state index is -3.77. The van der Waals surface area contributed by atoms with E-state index in [1.807, 2.05) is 0 Å². The smallest absolute Gasteiger partial charge is 0.244 e. The minimum absolute atomic E-state index is 0.122. The monoisotopic (exact) mass is 336 g/mol. The average molecular weight is 336 g/mol. The molecule has 2 aromatic rings. The Morgan fingerprint density at radius 2 is 1.83 bits per heavy atom. The van der Waals surface area contributed by atoms with Crippen LogP contribution in [-0.4, -0.2) is 30.1 Å². The molecule has 23 heavy (non-hydrogen) atoms. The normalized spacial score (nSPS) is 13.0. The maximum Gasteiger partial charge on any atom is 0.244 e. The van der Waals surface area contributed by atoms with Gasteiger partial charge in [-0.15, -0.1) is 0 Å². The van der Waals surface area contributed by atoms with E-state index in [0.717, 1.165) is 0 Å². The number of aryl methyl sites for hydroxylation is 1. The van der Waals surface area contributed by atoms with Crippen LogP contribution >= 0.6 is 0 Å². The number of anilines is 1. The molecule has 0 radical (unpaired) electrons. The molecule has 1 atom stereocenters. The Hall–Kier alpha value is -2.19. The lowest BCUT2D eigenvalue weighted by Crippen LogP contribution is -2.47. The first-order chi connectivity index (χ1) is 10.8. The molecule has 0 saturated heterocycles. The number of nitrogens with one attached hydrogen (secondary N) is 2. The quantitative estimate of drug-likeness (QED) is 0.833.